The summed E-state index contributed by atoms with van der Waals surface area (Å²) in [5, 5.41) is 0. The number of fused-ring (bicyclic) bond motifs is 1. The predicted octanol–water partition coefficient (Wildman–Crippen LogP) is 1.71. The summed E-state index contributed by atoms with van der Waals surface area (Å²) >= 11 is 0. The molecule has 3 aromatic heterocycles. The Labute approximate surface area is 166 Å². The molecule has 0 aliphatic carbocycles. The van der Waals surface area contributed by atoms with E-state index in [0.717, 1.165) is 37.6 Å². The van der Waals surface area contributed by atoms with Crippen LogP contribution in [0, 0.1) is 5.95 Å². The van der Waals surface area contributed by atoms with Crippen LogP contribution in [-0.2, 0) is 11.3 Å². The topological polar surface area (TPSA) is 84.8 Å². The van der Waals surface area contributed by atoms with Gasteiger partial charge in [-0.3, -0.25) is 14.1 Å². The molecule has 29 heavy (non-hydrogen) atoms. The van der Waals surface area contributed by atoms with Crippen LogP contribution in [0.1, 0.15) is 30.3 Å². The first-order valence-electron chi connectivity index (χ1n) is 9.84. The van der Waals surface area contributed by atoms with Gasteiger partial charge in [0.15, 0.2) is 0 Å². The van der Waals surface area contributed by atoms with Crippen LogP contribution in [0.25, 0.3) is 5.52 Å². The van der Waals surface area contributed by atoms with E-state index in [1.165, 1.54) is 6.07 Å². The number of aromatic amines is 1. The molecule has 0 radical (unpaired) electrons. The molecule has 3 aromatic rings. The molecule has 0 bridgehead atoms. The minimum Gasteiger partial charge on any atom is -0.472 e. The number of rotatable bonds is 5. The number of hydrogen-bond donors (Lipinski definition) is 1. The van der Waals surface area contributed by atoms with Gasteiger partial charge in [-0.2, -0.15) is 9.37 Å². The molecule has 0 amide bonds. The van der Waals surface area contributed by atoms with Gasteiger partial charge in [0.2, 0.25) is 11.8 Å². The Bertz CT molecular complexity index is 1070. The van der Waals surface area contributed by atoms with Gasteiger partial charge in [0, 0.05) is 56.7 Å². The first-order chi connectivity index (χ1) is 14.2. The lowest BCUT2D eigenvalue weighted by Gasteiger charge is -2.38. The number of nitrogens with zero attached hydrogens (tertiary/aromatic N) is 4. The summed E-state index contributed by atoms with van der Waals surface area (Å²) in [6, 6.07) is 4.51. The molecule has 2 saturated heterocycles. The molecule has 0 saturated carbocycles. The van der Waals surface area contributed by atoms with Gasteiger partial charge in [0.1, 0.15) is 17.4 Å². The number of nitrogens with one attached hydrogen (secondary N) is 1. The molecule has 5 heterocycles. The van der Waals surface area contributed by atoms with Gasteiger partial charge >= 0.3 is 0 Å². The van der Waals surface area contributed by atoms with Crippen molar-refractivity contribution >= 4 is 5.52 Å². The Morgan fingerprint density at radius 3 is 2.90 bits per heavy atom. The largest absolute Gasteiger partial charge is 0.472 e. The number of ether oxygens (including phenoxy) is 2. The van der Waals surface area contributed by atoms with Crippen LogP contribution in [0.2, 0.25) is 0 Å². The highest BCUT2D eigenvalue weighted by molar-refractivity contribution is 5.44. The Kier molecular flexibility index (Phi) is 4.76. The molecule has 9 heteroatoms. The van der Waals surface area contributed by atoms with Crippen molar-refractivity contribution in [3.8, 4) is 5.88 Å². The maximum absolute atomic E-state index is 13.2. The minimum absolute atomic E-state index is 0.0363. The summed E-state index contributed by atoms with van der Waals surface area (Å²) in [7, 11) is 0. The van der Waals surface area contributed by atoms with E-state index in [4.69, 9.17) is 9.47 Å². The van der Waals surface area contributed by atoms with Gasteiger partial charge in [-0.25, -0.2) is 4.98 Å². The molecule has 8 nitrogen and oxygen atoms in total. The van der Waals surface area contributed by atoms with Crippen LogP contribution in [0.4, 0.5) is 4.39 Å². The van der Waals surface area contributed by atoms with E-state index in [0.29, 0.717) is 36.9 Å². The molecular formula is C20H22FN5O3. The second-order valence-electron chi connectivity index (χ2n) is 7.60. The van der Waals surface area contributed by atoms with Gasteiger partial charge in [0.25, 0.3) is 5.56 Å². The molecule has 0 unspecified atom stereocenters. The highest BCUT2D eigenvalue weighted by atomic mass is 19.1. The van der Waals surface area contributed by atoms with Crippen LogP contribution in [-0.4, -0.2) is 56.7 Å². The molecule has 0 aromatic carbocycles. The molecule has 152 valence electrons. The van der Waals surface area contributed by atoms with Crippen molar-refractivity contribution in [1.29, 1.82) is 0 Å². The minimum atomic E-state index is -0.551. The molecule has 2 aliphatic heterocycles. The summed E-state index contributed by atoms with van der Waals surface area (Å²) < 4.78 is 26.2. The fraction of sp³-hybridized carbons (Fsp3) is 0.450. The van der Waals surface area contributed by atoms with Gasteiger partial charge in [-0.1, -0.05) is 6.07 Å². The smallest absolute Gasteiger partial charge is 0.274 e. The van der Waals surface area contributed by atoms with Crippen molar-refractivity contribution in [3.63, 3.8) is 0 Å². The van der Waals surface area contributed by atoms with E-state index < -0.39 is 5.95 Å². The standard InChI is InChI=1S/C20H22FN5O3/c21-17-2-1-3-18(24-17)29-15-11-25(12-15)9-14-10-26-16(20(27)23-14)8-22-19(26)13-4-6-28-7-5-13/h1-3,8,10,13,15H,4-7,9,11-12H2,(H,23,27). The normalized spacial score (nSPS) is 18.8. The van der Waals surface area contributed by atoms with E-state index in [1.807, 2.05) is 10.6 Å². The number of hydrogen-bond acceptors (Lipinski definition) is 6. The quantitative estimate of drug-likeness (QED) is 0.658. The van der Waals surface area contributed by atoms with Gasteiger partial charge < -0.3 is 14.5 Å². The van der Waals surface area contributed by atoms with E-state index in [9.17, 15) is 9.18 Å². The molecular weight excluding hydrogens is 377 g/mol. The molecule has 1 N–H and O–H groups in total. The van der Waals surface area contributed by atoms with E-state index >= 15 is 0 Å². The molecule has 5 rings (SSSR count). The first-order valence-corrected chi connectivity index (χ1v) is 9.84. The SMILES string of the molecule is O=c1[nH]c(CN2CC(Oc3cccc(F)n3)C2)cn2c(C3CCOCC3)ncc12. The summed E-state index contributed by atoms with van der Waals surface area (Å²) in [6.07, 6.45) is 5.41. The monoisotopic (exact) mass is 399 g/mol. The first kappa shape index (κ1) is 18.3. The zero-order chi connectivity index (χ0) is 19.8. The number of pyridine rings is 1. The van der Waals surface area contributed by atoms with Crippen LogP contribution < -0.4 is 10.3 Å². The van der Waals surface area contributed by atoms with Crippen molar-refractivity contribution in [3.05, 3.63) is 58.4 Å². The molecule has 0 atom stereocenters. The average molecular weight is 399 g/mol. The Morgan fingerprint density at radius 1 is 1.28 bits per heavy atom. The number of likely N-dealkylation sites (tertiary alicyclic amines) is 1. The van der Waals surface area contributed by atoms with Crippen LogP contribution in [0.5, 0.6) is 5.88 Å². The summed E-state index contributed by atoms with van der Waals surface area (Å²) in [5.74, 6) is 0.980. The second kappa shape index (κ2) is 7.57. The highest BCUT2D eigenvalue weighted by Gasteiger charge is 2.29. The van der Waals surface area contributed by atoms with Gasteiger partial charge in [-0.05, 0) is 18.9 Å². The lowest BCUT2D eigenvalue weighted by Crippen LogP contribution is -2.53. The van der Waals surface area contributed by atoms with Crippen molar-refractivity contribution < 1.29 is 13.9 Å². The van der Waals surface area contributed by atoms with E-state index in [2.05, 4.69) is 19.9 Å². The Hall–Kier alpha value is -2.78. The average Bonchev–Trinajstić information content (AvgIpc) is 3.12. The molecule has 2 aliphatic rings. The van der Waals surface area contributed by atoms with Gasteiger partial charge in [0.05, 0.1) is 6.20 Å². The number of H-pyrrole nitrogens is 1. The zero-order valence-corrected chi connectivity index (χ0v) is 15.9. The number of halogens is 1. The van der Waals surface area contributed by atoms with Crippen LogP contribution in [0.15, 0.2) is 35.4 Å². The third-order valence-corrected chi connectivity index (χ3v) is 5.50. The number of imidazole rings is 1. The molecule has 0 spiro atoms. The van der Waals surface area contributed by atoms with E-state index in [-0.39, 0.29) is 11.7 Å². The van der Waals surface area contributed by atoms with Gasteiger partial charge in [-0.15, -0.1) is 0 Å². The van der Waals surface area contributed by atoms with Crippen molar-refractivity contribution in [2.24, 2.45) is 0 Å². The highest BCUT2D eigenvalue weighted by Crippen LogP contribution is 2.26. The van der Waals surface area contributed by atoms with E-state index in [1.54, 1.807) is 18.3 Å². The number of aromatic nitrogens is 4. The lowest BCUT2D eigenvalue weighted by molar-refractivity contribution is 0.0106. The maximum atomic E-state index is 13.2. The van der Waals surface area contributed by atoms with Crippen LogP contribution >= 0.6 is 0 Å². The Morgan fingerprint density at radius 2 is 2.10 bits per heavy atom. The van der Waals surface area contributed by atoms with Crippen molar-refractivity contribution in [2.75, 3.05) is 26.3 Å². The van der Waals surface area contributed by atoms with Crippen molar-refractivity contribution in [1.82, 2.24) is 24.3 Å². The molecule has 2 fully saturated rings. The predicted molar refractivity (Wildman–Crippen MR) is 102 cm³/mol. The maximum Gasteiger partial charge on any atom is 0.274 e. The zero-order valence-electron chi connectivity index (χ0n) is 15.9. The van der Waals surface area contributed by atoms with Crippen LogP contribution in [0.3, 0.4) is 0 Å². The Balaban J connectivity index is 1.27. The summed E-state index contributed by atoms with van der Waals surface area (Å²) in [6.45, 7) is 3.44. The fourth-order valence-electron chi connectivity index (χ4n) is 4.01. The third-order valence-electron chi connectivity index (χ3n) is 5.50. The van der Waals surface area contributed by atoms with Crippen molar-refractivity contribution in [2.45, 2.75) is 31.4 Å². The second-order valence-corrected chi connectivity index (χ2v) is 7.60. The fourth-order valence-corrected chi connectivity index (χ4v) is 4.01. The third kappa shape index (κ3) is 3.75. The lowest BCUT2D eigenvalue weighted by atomic mass is 10.00. The summed E-state index contributed by atoms with van der Waals surface area (Å²) in [4.78, 5) is 25.8. The summed E-state index contributed by atoms with van der Waals surface area (Å²) in [5.41, 5.74) is 1.26.